The Morgan fingerprint density at radius 3 is 2.65 bits per heavy atom. The van der Waals surface area contributed by atoms with Crippen LogP contribution < -0.4 is 4.72 Å². The maximum absolute atomic E-state index is 13.9. The Morgan fingerprint density at radius 2 is 1.92 bits per heavy atom. The summed E-state index contributed by atoms with van der Waals surface area (Å²) in [5.74, 6) is -2.54. The van der Waals surface area contributed by atoms with E-state index in [0.29, 0.717) is 10.1 Å². The van der Waals surface area contributed by atoms with Gasteiger partial charge < -0.3 is 4.74 Å². The molecule has 0 unspecified atom stereocenters. The van der Waals surface area contributed by atoms with Crippen LogP contribution in [0.2, 0.25) is 0 Å². The van der Waals surface area contributed by atoms with Gasteiger partial charge >= 0.3 is 5.97 Å². The van der Waals surface area contributed by atoms with Crippen molar-refractivity contribution < 1.29 is 26.7 Å². The largest absolute Gasteiger partial charge is 0.462 e. The van der Waals surface area contributed by atoms with Gasteiger partial charge in [0.25, 0.3) is 10.0 Å². The van der Waals surface area contributed by atoms with Gasteiger partial charge in [0.15, 0.2) is 0 Å². The van der Waals surface area contributed by atoms with E-state index in [1.165, 1.54) is 6.07 Å². The van der Waals surface area contributed by atoms with E-state index in [1.807, 2.05) is 4.72 Å². The van der Waals surface area contributed by atoms with Crippen LogP contribution in [0.4, 0.5) is 14.5 Å². The number of hydrogen-bond donors (Lipinski definition) is 1. The first-order valence-electron chi connectivity index (χ1n) is 7.50. The number of anilines is 1. The highest BCUT2D eigenvalue weighted by Gasteiger charge is 2.30. The summed E-state index contributed by atoms with van der Waals surface area (Å²) in [6.45, 7) is 1.66. The number of nitrogens with one attached hydrogen (secondary N) is 1. The number of halogens is 2. The molecule has 0 aliphatic carbocycles. The number of thiophene rings is 1. The van der Waals surface area contributed by atoms with Crippen molar-refractivity contribution in [3.8, 4) is 0 Å². The summed E-state index contributed by atoms with van der Waals surface area (Å²) in [5, 5.41) is 0.296. The van der Waals surface area contributed by atoms with E-state index in [1.54, 1.807) is 25.1 Å². The molecule has 0 bridgehead atoms. The molecule has 3 aromatic rings. The van der Waals surface area contributed by atoms with Crippen molar-refractivity contribution in [2.75, 3.05) is 11.3 Å². The van der Waals surface area contributed by atoms with E-state index in [0.717, 1.165) is 29.5 Å². The van der Waals surface area contributed by atoms with Crippen LogP contribution in [-0.4, -0.2) is 21.0 Å². The Balaban J connectivity index is 2.17. The SMILES string of the molecule is CCOC(=O)c1sc2ccccc2c1S(=O)(=O)Nc1cc(F)ccc1F. The second kappa shape index (κ2) is 7.00. The minimum absolute atomic E-state index is 0.0680. The molecule has 0 aliphatic rings. The van der Waals surface area contributed by atoms with E-state index in [2.05, 4.69) is 0 Å². The average Bonchev–Trinajstić information content (AvgIpc) is 2.99. The van der Waals surface area contributed by atoms with Gasteiger partial charge in [-0.2, -0.15) is 0 Å². The van der Waals surface area contributed by atoms with Crippen LogP contribution in [0.1, 0.15) is 16.6 Å². The first-order valence-corrected chi connectivity index (χ1v) is 9.80. The zero-order valence-corrected chi connectivity index (χ0v) is 15.1. The quantitative estimate of drug-likeness (QED) is 0.657. The van der Waals surface area contributed by atoms with Crippen molar-refractivity contribution in [1.29, 1.82) is 0 Å². The highest BCUT2D eigenvalue weighted by Crippen LogP contribution is 2.36. The molecule has 1 heterocycles. The van der Waals surface area contributed by atoms with Crippen molar-refractivity contribution in [3.63, 3.8) is 0 Å². The second-order valence-electron chi connectivity index (χ2n) is 5.21. The van der Waals surface area contributed by atoms with E-state index >= 15 is 0 Å². The van der Waals surface area contributed by atoms with Crippen molar-refractivity contribution >= 4 is 43.1 Å². The molecule has 1 N–H and O–H groups in total. The third kappa shape index (κ3) is 3.40. The van der Waals surface area contributed by atoms with Gasteiger partial charge in [-0.25, -0.2) is 22.0 Å². The zero-order valence-electron chi connectivity index (χ0n) is 13.5. The molecule has 0 radical (unpaired) electrons. The maximum atomic E-state index is 13.9. The predicted molar refractivity (Wildman–Crippen MR) is 94.9 cm³/mol. The number of sulfonamides is 1. The standard InChI is InChI=1S/C17H13F2NO4S2/c1-2-24-17(21)15-16(11-5-3-4-6-14(11)25-15)26(22,23)20-13-9-10(18)7-8-12(13)19/h3-9,20H,2H2,1H3. The third-order valence-corrected chi connectivity index (χ3v) is 6.18. The molecule has 0 saturated heterocycles. The topological polar surface area (TPSA) is 72.5 Å². The molecule has 0 saturated carbocycles. The first-order chi connectivity index (χ1) is 12.3. The fraction of sp³-hybridized carbons (Fsp3) is 0.118. The van der Waals surface area contributed by atoms with Crippen LogP contribution in [0, 0.1) is 11.6 Å². The lowest BCUT2D eigenvalue weighted by molar-refractivity contribution is 0.0528. The van der Waals surface area contributed by atoms with Gasteiger partial charge in [-0.15, -0.1) is 11.3 Å². The van der Waals surface area contributed by atoms with E-state index < -0.39 is 33.3 Å². The second-order valence-corrected chi connectivity index (χ2v) is 7.88. The van der Waals surface area contributed by atoms with Crippen molar-refractivity contribution in [2.45, 2.75) is 11.8 Å². The number of carbonyl (C=O) groups excluding carboxylic acids is 1. The minimum Gasteiger partial charge on any atom is -0.462 e. The molecule has 1 aromatic heterocycles. The molecular weight excluding hydrogens is 384 g/mol. The molecule has 136 valence electrons. The molecule has 0 spiro atoms. The molecule has 26 heavy (non-hydrogen) atoms. The number of carbonyl (C=O) groups is 1. The van der Waals surface area contributed by atoms with Gasteiger partial charge in [-0.05, 0) is 25.1 Å². The van der Waals surface area contributed by atoms with Gasteiger partial charge in [0.1, 0.15) is 21.4 Å². The molecule has 5 nitrogen and oxygen atoms in total. The highest BCUT2D eigenvalue weighted by atomic mass is 32.2. The van der Waals surface area contributed by atoms with Crippen LogP contribution >= 0.6 is 11.3 Å². The molecule has 0 aliphatic heterocycles. The number of esters is 1. The Kier molecular flexibility index (Phi) is 4.92. The Labute approximate surface area is 152 Å². The van der Waals surface area contributed by atoms with Crippen LogP contribution in [0.15, 0.2) is 47.4 Å². The Morgan fingerprint density at radius 1 is 1.19 bits per heavy atom. The number of benzene rings is 2. The van der Waals surface area contributed by atoms with Crippen LogP contribution in [0.25, 0.3) is 10.1 Å². The summed E-state index contributed by atoms with van der Waals surface area (Å²) in [4.78, 5) is 11.8. The van der Waals surface area contributed by atoms with E-state index in [4.69, 9.17) is 4.74 Å². The Hall–Kier alpha value is -2.52. The summed E-state index contributed by atoms with van der Waals surface area (Å²) in [7, 11) is -4.38. The molecule has 0 fully saturated rings. The predicted octanol–water partition coefficient (Wildman–Crippen LogP) is 4.16. The van der Waals surface area contributed by atoms with Gasteiger partial charge in [0.2, 0.25) is 0 Å². The van der Waals surface area contributed by atoms with Crippen molar-refractivity contribution in [1.82, 2.24) is 0 Å². The van der Waals surface area contributed by atoms with Crippen molar-refractivity contribution in [3.05, 3.63) is 59.0 Å². The Bertz CT molecular complexity index is 1090. The maximum Gasteiger partial charge on any atom is 0.349 e. The smallest absolute Gasteiger partial charge is 0.349 e. The van der Waals surface area contributed by atoms with Crippen LogP contribution in [0.3, 0.4) is 0 Å². The van der Waals surface area contributed by atoms with Gasteiger partial charge in [-0.1, -0.05) is 18.2 Å². The fourth-order valence-corrected chi connectivity index (χ4v) is 5.24. The van der Waals surface area contributed by atoms with Gasteiger partial charge in [0.05, 0.1) is 12.3 Å². The molecular formula is C17H13F2NO4S2. The van der Waals surface area contributed by atoms with Crippen molar-refractivity contribution in [2.24, 2.45) is 0 Å². The molecule has 2 aromatic carbocycles. The van der Waals surface area contributed by atoms with Crippen LogP contribution in [-0.2, 0) is 14.8 Å². The zero-order chi connectivity index (χ0) is 18.9. The number of hydrogen-bond acceptors (Lipinski definition) is 5. The summed E-state index contributed by atoms with van der Waals surface area (Å²) < 4.78 is 60.4. The molecule has 3 rings (SSSR count). The first kappa shape index (κ1) is 18.3. The lowest BCUT2D eigenvalue weighted by Crippen LogP contribution is -2.17. The molecule has 9 heteroatoms. The number of fused-ring (bicyclic) bond motifs is 1. The number of ether oxygens (including phenoxy) is 1. The molecule has 0 amide bonds. The summed E-state index contributed by atoms with van der Waals surface area (Å²) >= 11 is 0.955. The summed E-state index contributed by atoms with van der Waals surface area (Å²) in [6, 6.07) is 8.92. The normalized spacial score (nSPS) is 11.5. The van der Waals surface area contributed by atoms with Gasteiger partial charge in [-0.3, -0.25) is 4.72 Å². The summed E-state index contributed by atoms with van der Waals surface area (Å²) in [6.07, 6.45) is 0. The lowest BCUT2D eigenvalue weighted by atomic mass is 10.2. The summed E-state index contributed by atoms with van der Waals surface area (Å²) in [5.41, 5.74) is -0.546. The average molecular weight is 397 g/mol. The minimum atomic E-state index is -4.38. The van der Waals surface area contributed by atoms with E-state index in [-0.39, 0.29) is 16.4 Å². The fourth-order valence-electron chi connectivity index (χ4n) is 2.39. The van der Waals surface area contributed by atoms with E-state index in [9.17, 15) is 22.0 Å². The molecule has 0 atom stereocenters. The number of rotatable bonds is 5. The lowest BCUT2D eigenvalue weighted by Gasteiger charge is -2.10. The monoisotopic (exact) mass is 397 g/mol. The third-order valence-electron chi connectivity index (χ3n) is 3.45. The highest BCUT2D eigenvalue weighted by molar-refractivity contribution is 7.93. The van der Waals surface area contributed by atoms with Gasteiger partial charge in [0, 0.05) is 16.2 Å². The van der Waals surface area contributed by atoms with Crippen LogP contribution in [0.5, 0.6) is 0 Å².